The van der Waals surface area contributed by atoms with Crippen molar-refractivity contribution in [3.05, 3.63) is 51.3 Å². The summed E-state index contributed by atoms with van der Waals surface area (Å²) in [5.74, 6) is -0.132. The molecule has 0 aliphatic rings. The van der Waals surface area contributed by atoms with E-state index in [1.807, 2.05) is 0 Å². The molecule has 6 heteroatoms. The first-order chi connectivity index (χ1) is 8.60. The summed E-state index contributed by atoms with van der Waals surface area (Å²) in [4.78, 5) is 3.96. The molecule has 0 saturated heterocycles. The van der Waals surface area contributed by atoms with Crippen LogP contribution in [-0.4, -0.2) is 4.98 Å². The molecule has 0 spiro atoms. The Hall–Kier alpha value is -1.17. The van der Waals surface area contributed by atoms with Crippen molar-refractivity contribution in [3.8, 4) is 11.6 Å². The third kappa shape index (κ3) is 2.98. The van der Waals surface area contributed by atoms with Gasteiger partial charge in [0.1, 0.15) is 0 Å². The zero-order valence-corrected chi connectivity index (χ0v) is 11.5. The Kier molecular flexibility index (Phi) is 4.16. The van der Waals surface area contributed by atoms with Crippen molar-refractivity contribution in [2.75, 3.05) is 0 Å². The van der Waals surface area contributed by atoms with Crippen LogP contribution in [0.2, 0.25) is 5.02 Å². The Morgan fingerprint density at radius 1 is 1.39 bits per heavy atom. The second-order valence-electron chi connectivity index (χ2n) is 3.49. The molecule has 0 saturated carbocycles. The van der Waals surface area contributed by atoms with Gasteiger partial charge < -0.3 is 10.5 Å². The number of pyridine rings is 1. The van der Waals surface area contributed by atoms with E-state index in [2.05, 4.69) is 20.9 Å². The first-order valence-electron chi connectivity index (χ1n) is 5.07. The predicted molar refractivity (Wildman–Crippen MR) is 71.3 cm³/mol. The van der Waals surface area contributed by atoms with E-state index in [0.717, 1.165) is 0 Å². The van der Waals surface area contributed by atoms with E-state index in [0.29, 0.717) is 15.1 Å². The van der Waals surface area contributed by atoms with Gasteiger partial charge in [-0.25, -0.2) is 9.37 Å². The Bertz CT molecular complexity index is 580. The summed E-state index contributed by atoms with van der Waals surface area (Å²) >= 11 is 9.04. The molecule has 0 amide bonds. The fourth-order valence-electron chi connectivity index (χ4n) is 1.34. The highest BCUT2D eigenvalue weighted by Gasteiger charge is 2.08. The van der Waals surface area contributed by atoms with Gasteiger partial charge in [-0.3, -0.25) is 0 Å². The van der Waals surface area contributed by atoms with E-state index in [-0.39, 0.29) is 18.2 Å². The molecule has 1 aromatic carbocycles. The van der Waals surface area contributed by atoms with Crippen LogP contribution in [0.1, 0.15) is 5.56 Å². The Morgan fingerprint density at radius 3 is 2.83 bits per heavy atom. The van der Waals surface area contributed by atoms with Crippen LogP contribution in [-0.2, 0) is 6.54 Å². The molecule has 0 radical (unpaired) electrons. The molecule has 2 N–H and O–H groups in total. The minimum Gasteiger partial charge on any atom is -0.436 e. The lowest BCUT2D eigenvalue weighted by atomic mass is 10.2. The second kappa shape index (κ2) is 5.65. The summed E-state index contributed by atoms with van der Waals surface area (Å²) in [6.45, 7) is 0.264. The number of ether oxygens (including phenoxy) is 1. The molecule has 18 heavy (non-hydrogen) atoms. The molecule has 0 aliphatic carbocycles. The normalized spacial score (nSPS) is 10.4. The molecule has 1 aromatic heterocycles. The number of nitrogens with zero attached hydrogens (tertiary/aromatic N) is 1. The van der Waals surface area contributed by atoms with Gasteiger partial charge >= 0.3 is 0 Å². The lowest BCUT2D eigenvalue weighted by Crippen LogP contribution is -1.99. The van der Waals surface area contributed by atoms with Crippen LogP contribution >= 0.6 is 27.5 Å². The highest BCUT2D eigenvalue weighted by Crippen LogP contribution is 2.27. The van der Waals surface area contributed by atoms with E-state index in [9.17, 15) is 4.39 Å². The Morgan fingerprint density at radius 2 is 2.17 bits per heavy atom. The van der Waals surface area contributed by atoms with Gasteiger partial charge in [-0.15, -0.1) is 0 Å². The largest absolute Gasteiger partial charge is 0.436 e. The summed E-state index contributed by atoms with van der Waals surface area (Å²) in [5, 5.41) is 0.459. The van der Waals surface area contributed by atoms with Crippen LogP contribution in [0.15, 0.2) is 34.9 Å². The van der Waals surface area contributed by atoms with Crippen molar-refractivity contribution in [3.63, 3.8) is 0 Å². The third-order valence-electron chi connectivity index (χ3n) is 2.24. The maximum absolute atomic E-state index is 13.6. The smallest absolute Gasteiger partial charge is 0.219 e. The van der Waals surface area contributed by atoms with Crippen molar-refractivity contribution in [2.45, 2.75) is 6.54 Å². The Balaban J connectivity index is 2.28. The van der Waals surface area contributed by atoms with Gasteiger partial charge in [-0.1, -0.05) is 27.5 Å². The number of hydrogen-bond acceptors (Lipinski definition) is 3. The zero-order chi connectivity index (χ0) is 13.1. The summed E-state index contributed by atoms with van der Waals surface area (Å²) in [7, 11) is 0. The van der Waals surface area contributed by atoms with Gasteiger partial charge in [0, 0.05) is 23.3 Å². The van der Waals surface area contributed by atoms with Crippen LogP contribution in [0, 0.1) is 5.82 Å². The van der Waals surface area contributed by atoms with E-state index in [1.54, 1.807) is 12.1 Å². The summed E-state index contributed by atoms with van der Waals surface area (Å²) < 4.78 is 19.5. The number of benzene rings is 1. The topological polar surface area (TPSA) is 48.1 Å². The first-order valence-corrected chi connectivity index (χ1v) is 6.24. The highest BCUT2D eigenvalue weighted by atomic mass is 79.9. The number of nitrogens with two attached hydrogens (primary N) is 1. The molecule has 0 aliphatic heterocycles. The van der Waals surface area contributed by atoms with Gasteiger partial charge in [0.2, 0.25) is 5.88 Å². The lowest BCUT2D eigenvalue weighted by molar-refractivity contribution is 0.426. The molecule has 3 nitrogen and oxygen atoms in total. The average Bonchev–Trinajstić information content (AvgIpc) is 2.35. The van der Waals surface area contributed by atoms with Crippen molar-refractivity contribution in [1.82, 2.24) is 4.98 Å². The summed E-state index contributed by atoms with van der Waals surface area (Å²) in [5.41, 5.74) is 6.21. The first kappa shape index (κ1) is 13.3. The molecule has 0 atom stereocenters. The molecular formula is C12H9BrClFN2O. The van der Waals surface area contributed by atoms with Gasteiger partial charge in [-0.05, 0) is 23.8 Å². The molecular weight excluding hydrogens is 322 g/mol. The summed E-state index contributed by atoms with van der Waals surface area (Å²) in [6, 6.07) is 6.09. The number of hydrogen-bond donors (Lipinski definition) is 1. The van der Waals surface area contributed by atoms with Crippen LogP contribution < -0.4 is 10.5 Å². The highest BCUT2D eigenvalue weighted by molar-refractivity contribution is 9.10. The third-order valence-corrected chi connectivity index (χ3v) is 3.07. The Labute approximate surface area is 117 Å². The van der Waals surface area contributed by atoms with Crippen molar-refractivity contribution >= 4 is 27.5 Å². The van der Waals surface area contributed by atoms with Crippen molar-refractivity contribution < 1.29 is 9.13 Å². The van der Waals surface area contributed by atoms with Gasteiger partial charge in [0.05, 0.1) is 5.02 Å². The molecule has 0 unspecified atom stereocenters. The fourth-order valence-corrected chi connectivity index (χ4v) is 1.85. The van der Waals surface area contributed by atoms with E-state index < -0.39 is 5.82 Å². The quantitative estimate of drug-likeness (QED) is 0.928. The SMILES string of the molecule is NCc1cc(Oc2ccc(Br)cc2F)ncc1Cl. The number of rotatable bonds is 3. The van der Waals surface area contributed by atoms with Crippen molar-refractivity contribution in [1.29, 1.82) is 0 Å². The van der Waals surface area contributed by atoms with Gasteiger partial charge in [-0.2, -0.15) is 0 Å². The van der Waals surface area contributed by atoms with Crippen molar-refractivity contribution in [2.24, 2.45) is 5.73 Å². The van der Waals surface area contributed by atoms with Gasteiger partial charge in [0.15, 0.2) is 11.6 Å². The van der Waals surface area contributed by atoms with Crippen LogP contribution in [0.5, 0.6) is 11.6 Å². The molecule has 2 rings (SSSR count). The number of halogens is 3. The van der Waals surface area contributed by atoms with Gasteiger partial charge in [0.25, 0.3) is 0 Å². The predicted octanol–water partition coefficient (Wildman–Crippen LogP) is 3.89. The van der Waals surface area contributed by atoms with E-state index in [4.69, 9.17) is 22.1 Å². The number of aromatic nitrogens is 1. The minimum absolute atomic E-state index is 0.0935. The maximum atomic E-state index is 13.6. The molecule has 94 valence electrons. The molecule has 0 fully saturated rings. The van der Waals surface area contributed by atoms with Crippen LogP contribution in [0.4, 0.5) is 4.39 Å². The standard InChI is InChI=1S/C12H9BrClFN2O/c13-8-1-2-11(10(15)4-8)18-12-3-7(5-16)9(14)6-17-12/h1-4,6H,5,16H2. The minimum atomic E-state index is -0.476. The van der Waals surface area contributed by atoms with Crippen LogP contribution in [0.25, 0.3) is 0 Å². The van der Waals surface area contributed by atoms with Crippen LogP contribution in [0.3, 0.4) is 0 Å². The summed E-state index contributed by atoms with van der Waals surface area (Å²) in [6.07, 6.45) is 1.43. The molecule has 0 bridgehead atoms. The monoisotopic (exact) mass is 330 g/mol. The molecule has 1 heterocycles. The lowest BCUT2D eigenvalue weighted by Gasteiger charge is -2.08. The van der Waals surface area contributed by atoms with E-state index >= 15 is 0 Å². The fraction of sp³-hybridized carbons (Fsp3) is 0.0833. The zero-order valence-electron chi connectivity index (χ0n) is 9.16. The average molecular weight is 332 g/mol. The maximum Gasteiger partial charge on any atom is 0.219 e. The van der Waals surface area contributed by atoms with E-state index in [1.165, 1.54) is 18.3 Å². The molecule has 2 aromatic rings. The second-order valence-corrected chi connectivity index (χ2v) is 4.82.